The maximum atomic E-state index is 13.7. The van der Waals surface area contributed by atoms with E-state index in [9.17, 15) is 18.0 Å². The molecule has 1 amide bonds. The molecule has 0 radical (unpaired) electrons. The number of piperidine rings is 1. The van der Waals surface area contributed by atoms with Gasteiger partial charge in [-0.25, -0.2) is 4.98 Å². The van der Waals surface area contributed by atoms with Crippen molar-refractivity contribution in [1.82, 2.24) is 19.9 Å². The van der Waals surface area contributed by atoms with Crippen LogP contribution in [0.1, 0.15) is 34.5 Å². The molecule has 3 aliphatic rings. The highest BCUT2D eigenvalue weighted by Crippen LogP contribution is 2.71. The van der Waals surface area contributed by atoms with E-state index in [2.05, 4.69) is 15.0 Å². The van der Waals surface area contributed by atoms with Crippen LogP contribution < -0.4 is 4.74 Å². The Kier molecular flexibility index (Phi) is 4.49. The van der Waals surface area contributed by atoms with Crippen molar-refractivity contribution in [3.05, 3.63) is 71.8 Å². The zero-order valence-corrected chi connectivity index (χ0v) is 18.3. The fourth-order valence-electron chi connectivity index (χ4n) is 5.72. The van der Waals surface area contributed by atoms with Crippen molar-refractivity contribution < 1.29 is 22.7 Å². The number of hydrogen-bond donors (Lipinski definition) is 0. The van der Waals surface area contributed by atoms with E-state index >= 15 is 0 Å². The molecular weight excluding hydrogens is 445 g/mol. The average molecular weight is 466 g/mol. The first-order chi connectivity index (χ1) is 16.3. The SMILES string of the molecule is Cc1ccnc(C(=O)N2CC3CC34CC(Oc3ccc(C(F)(F)F)cn3)C24)c1-c1ccccn1. The lowest BCUT2D eigenvalue weighted by Gasteiger charge is -2.46. The molecule has 1 aliphatic heterocycles. The minimum absolute atomic E-state index is 0.0429. The second-order valence-corrected chi connectivity index (χ2v) is 9.35. The van der Waals surface area contributed by atoms with Crippen LogP contribution in [0.4, 0.5) is 13.2 Å². The molecule has 3 aromatic heterocycles. The first-order valence-electron chi connectivity index (χ1n) is 11.2. The van der Waals surface area contributed by atoms with Gasteiger partial charge in [0.2, 0.25) is 5.88 Å². The van der Waals surface area contributed by atoms with Gasteiger partial charge in [-0.1, -0.05) is 6.07 Å². The second-order valence-electron chi connectivity index (χ2n) is 9.35. The fraction of sp³-hybridized carbons (Fsp3) is 0.360. The number of likely N-dealkylation sites (tertiary alicyclic amines) is 1. The molecule has 0 bridgehead atoms. The molecule has 2 aliphatic carbocycles. The van der Waals surface area contributed by atoms with Gasteiger partial charge in [-0.3, -0.25) is 14.8 Å². The first-order valence-corrected chi connectivity index (χ1v) is 11.2. The lowest BCUT2D eigenvalue weighted by molar-refractivity contribution is -0.137. The molecule has 1 saturated heterocycles. The molecular formula is C25H21F3N4O2. The Balaban J connectivity index is 1.27. The predicted octanol–water partition coefficient (Wildman–Crippen LogP) is 4.55. The van der Waals surface area contributed by atoms with E-state index in [1.807, 2.05) is 36.1 Å². The Bertz CT molecular complexity index is 1270. The Morgan fingerprint density at radius 1 is 1.09 bits per heavy atom. The van der Waals surface area contributed by atoms with Crippen LogP contribution in [-0.4, -0.2) is 44.4 Å². The van der Waals surface area contributed by atoms with Crippen molar-refractivity contribution in [2.45, 2.75) is 38.1 Å². The summed E-state index contributed by atoms with van der Waals surface area (Å²) in [5.41, 5.74) is 1.88. The Hall–Kier alpha value is -3.49. The number of ether oxygens (including phenoxy) is 1. The number of carbonyl (C=O) groups excluding carboxylic acids is 1. The van der Waals surface area contributed by atoms with Crippen molar-refractivity contribution in [3.63, 3.8) is 0 Å². The molecule has 6 rings (SSSR count). The minimum atomic E-state index is -4.45. The highest BCUT2D eigenvalue weighted by atomic mass is 19.4. The molecule has 2 saturated carbocycles. The molecule has 6 nitrogen and oxygen atoms in total. The third kappa shape index (κ3) is 3.17. The standard InChI is InChI=1S/C25H21F3N4O2/c1-14-7-9-30-21(20(14)17-4-2-3-8-29-17)23(33)32-13-16-10-24(16)11-18(22(24)32)34-19-6-5-15(12-31-19)25(26,27)28/h2-9,12,16,18,22H,10-11,13H2,1H3. The van der Waals surface area contributed by atoms with Gasteiger partial charge in [0, 0.05) is 42.2 Å². The van der Waals surface area contributed by atoms with Crippen LogP contribution in [0, 0.1) is 18.3 Å². The number of pyridine rings is 3. The Labute approximate surface area is 193 Å². The molecule has 0 N–H and O–H groups in total. The molecule has 4 unspecified atom stereocenters. The zero-order chi connectivity index (χ0) is 23.7. The molecule has 174 valence electrons. The highest BCUT2D eigenvalue weighted by molar-refractivity contribution is 6.00. The quantitative estimate of drug-likeness (QED) is 0.565. The van der Waals surface area contributed by atoms with Crippen LogP contribution >= 0.6 is 0 Å². The van der Waals surface area contributed by atoms with Crippen LogP contribution in [0.25, 0.3) is 11.3 Å². The predicted molar refractivity (Wildman–Crippen MR) is 116 cm³/mol. The van der Waals surface area contributed by atoms with Gasteiger partial charge in [-0.2, -0.15) is 13.2 Å². The van der Waals surface area contributed by atoms with Crippen molar-refractivity contribution in [2.24, 2.45) is 11.3 Å². The van der Waals surface area contributed by atoms with Crippen molar-refractivity contribution in [3.8, 4) is 17.1 Å². The summed E-state index contributed by atoms with van der Waals surface area (Å²) < 4.78 is 44.5. The van der Waals surface area contributed by atoms with Gasteiger partial charge in [-0.15, -0.1) is 0 Å². The molecule has 1 spiro atoms. The molecule has 9 heteroatoms. The fourth-order valence-corrected chi connectivity index (χ4v) is 5.72. The smallest absolute Gasteiger partial charge is 0.417 e. The summed E-state index contributed by atoms with van der Waals surface area (Å²) in [6, 6.07) is 9.46. The van der Waals surface area contributed by atoms with Gasteiger partial charge in [0.05, 0.1) is 17.3 Å². The molecule has 3 fully saturated rings. The van der Waals surface area contributed by atoms with Gasteiger partial charge in [0.1, 0.15) is 11.8 Å². The average Bonchev–Trinajstić information content (AvgIpc) is 3.47. The Morgan fingerprint density at radius 3 is 2.65 bits per heavy atom. The summed E-state index contributed by atoms with van der Waals surface area (Å²) in [4.78, 5) is 28.3. The van der Waals surface area contributed by atoms with E-state index in [4.69, 9.17) is 4.74 Å². The third-order valence-corrected chi connectivity index (χ3v) is 7.43. The second kappa shape index (κ2) is 7.25. The lowest BCUT2D eigenvalue weighted by atomic mass is 9.73. The number of nitrogens with zero attached hydrogens (tertiary/aromatic N) is 4. The molecule has 34 heavy (non-hydrogen) atoms. The highest BCUT2D eigenvalue weighted by Gasteiger charge is 2.76. The van der Waals surface area contributed by atoms with E-state index in [-0.39, 0.29) is 29.3 Å². The number of hydrogen-bond acceptors (Lipinski definition) is 5. The number of halogens is 3. The van der Waals surface area contributed by atoms with Gasteiger partial charge in [-0.05, 0) is 55.5 Å². The third-order valence-electron chi connectivity index (χ3n) is 7.43. The summed E-state index contributed by atoms with van der Waals surface area (Å²) in [7, 11) is 0. The van der Waals surface area contributed by atoms with Crippen LogP contribution in [0.5, 0.6) is 5.88 Å². The summed E-state index contributed by atoms with van der Waals surface area (Å²) in [6.07, 6.45) is 1.12. The number of rotatable bonds is 4. The monoisotopic (exact) mass is 466 g/mol. The number of amides is 1. The molecule has 4 atom stereocenters. The van der Waals surface area contributed by atoms with Gasteiger partial charge < -0.3 is 9.64 Å². The van der Waals surface area contributed by atoms with Crippen LogP contribution in [0.3, 0.4) is 0 Å². The number of carbonyl (C=O) groups is 1. The zero-order valence-electron chi connectivity index (χ0n) is 18.3. The van der Waals surface area contributed by atoms with E-state index in [0.717, 1.165) is 30.7 Å². The van der Waals surface area contributed by atoms with Crippen molar-refractivity contribution >= 4 is 5.91 Å². The number of aromatic nitrogens is 3. The Morgan fingerprint density at radius 2 is 1.94 bits per heavy atom. The van der Waals surface area contributed by atoms with Crippen molar-refractivity contribution in [2.75, 3.05) is 6.54 Å². The number of alkyl halides is 3. The summed E-state index contributed by atoms with van der Waals surface area (Å²) in [5.74, 6) is 0.381. The van der Waals surface area contributed by atoms with Gasteiger partial charge in [0.25, 0.3) is 5.91 Å². The van der Waals surface area contributed by atoms with Gasteiger partial charge >= 0.3 is 6.18 Å². The van der Waals surface area contributed by atoms with E-state index in [1.165, 1.54) is 6.07 Å². The summed E-state index contributed by atoms with van der Waals surface area (Å²) in [6.45, 7) is 2.55. The topological polar surface area (TPSA) is 68.2 Å². The molecule has 0 aromatic carbocycles. The van der Waals surface area contributed by atoms with E-state index < -0.39 is 11.7 Å². The van der Waals surface area contributed by atoms with Crippen LogP contribution in [-0.2, 0) is 6.18 Å². The van der Waals surface area contributed by atoms with Crippen LogP contribution in [0.15, 0.2) is 55.0 Å². The minimum Gasteiger partial charge on any atom is -0.472 e. The van der Waals surface area contributed by atoms with Crippen LogP contribution in [0.2, 0.25) is 0 Å². The largest absolute Gasteiger partial charge is 0.472 e. The normalized spacial score (nSPS) is 26.9. The summed E-state index contributed by atoms with van der Waals surface area (Å²) >= 11 is 0. The summed E-state index contributed by atoms with van der Waals surface area (Å²) in [5, 5.41) is 0. The first kappa shape index (κ1) is 21.1. The molecule has 4 heterocycles. The van der Waals surface area contributed by atoms with E-state index in [1.54, 1.807) is 12.4 Å². The van der Waals surface area contributed by atoms with Crippen molar-refractivity contribution in [1.29, 1.82) is 0 Å². The maximum Gasteiger partial charge on any atom is 0.417 e. The number of aryl methyl sites for hydroxylation is 1. The lowest BCUT2D eigenvalue weighted by Crippen LogP contribution is -2.59. The molecule has 3 aromatic rings. The van der Waals surface area contributed by atoms with Gasteiger partial charge in [0.15, 0.2) is 0 Å². The van der Waals surface area contributed by atoms with E-state index in [0.29, 0.717) is 29.4 Å². The maximum absolute atomic E-state index is 13.7.